The van der Waals surface area contributed by atoms with Crippen LogP contribution in [0.2, 0.25) is 0 Å². The number of carbonyl (C=O) groups is 3. The molecule has 2 aliphatic rings. The van der Waals surface area contributed by atoms with Crippen LogP contribution in [-0.2, 0) is 15.1 Å². The molecule has 2 aromatic rings. The molecule has 0 radical (unpaired) electrons. The number of ether oxygens (including phenoxy) is 1. The molecule has 174 valence electrons. The molecule has 2 heterocycles. The molecule has 2 aromatic carbocycles. The van der Waals surface area contributed by atoms with Gasteiger partial charge in [0, 0.05) is 25.7 Å². The van der Waals surface area contributed by atoms with E-state index in [1.54, 1.807) is 29.2 Å². The van der Waals surface area contributed by atoms with Crippen molar-refractivity contribution >= 4 is 18.2 Å². The van der Waals surface area contributed by atoms with E-state index < -0.39 is 17.5 Å². The van der Waals surface area contributed by atoms with Gasteiger partial charge in [-0.2, -0.15) is 0 Å². The molecule has 33 heavy (non-hydrogen) atoms. The van der Waals surface area contributed by atoms with Crippen LogP contribution in [0.1, 0.15) is 24.8 Å². The van der Waals surface area contributed by atoms with Crippen LogP contribution in [0.15, 0.2) is 48.5 Å². The van der Waals surface area contributed by atoms with Crippen molar-refractivity contribution in [3.8, 4) is 11.5 Å². The second kappa shape index (κ2) is 9.29. The number of aldehydes is 1. The molecule has 9 heteroatoms. The first-order chi connectivity index (χ1) is 15.9. The Morgan fingerprint density at radius 2 is 1.73 bits per heavy atom. The van der Waals surface area contributed by atoms with Gasteiger partial charge in [-0.3, -0.25) is 15.0 Å². The lowest BCUT2D eigenvalue weighted by molar-refractivity contribution is -0.148. The van der Waals surface area contributed by atoms with Crippen LogP contribution in [0.4, 0.5) is 9.18 Å². The second-order valence-electron chi connectivity index (χ2n) is 8.52. The van der Waals surface area contributed by atoms with E-state index in [-0.39, 0.29) is 11.4 Å². The molecule has 8 nitrogen and oxygen atoms in total. The van der Waals surface area contributed by atoms with Crippen LogP contribution in [0.5, 0.6) is 11.5 Å². The second-order valence-corrected chi connectivity index (χ2v) is 8.52. The molecule has 0 saturated carbocycles. The third-order valence-corrected chi connectivity index (χ3v) is 6.38. The number of hydrogen-bond donors (Lipinski definition) is 3. The third kappa shape index (κ3) is 4.46. The van der Waals surface area contributed by atoms with Crippen molar-refractivity contribution in [2.24, 2.45) is 0 Å². The molecule has 0 aromatic heterocycles. The van der Waals surface area contributed by atoms with Crippen molar-refractivity contribution in [2.75, 3.05) is 26.7 Å². The summed E-state index contributed by atoms with van der Waals surface area (Å²) in [4.78, 5) is 39.5. The molecule has 3 amide bonds. The molecule has 1 atom stereocenters. The number of hydrogen-bond acceptors (Lipinski definition) is 6. The molecule has 0 bridgehead atoms. The first kappa shape index (κ1) is 22.9. The number of nitrogens with one attached hydrogen (secondary N) is 3. The van der Waals surface area contributed by atoms with Crippen molar-refractivity contribution < 1.29 is 23.5 Å². The van der Waals surface area contributed by atoms with Gasteiger partial charge < -0.3 is 20.2 Å². The Kier molecular flexibility index (Phi) is 6.44. The van der Waals surface area contributed by atoms with E-state index in [1.165, 1.54) is 31.3 Å². The Hall–Kier alpha value is -3.30. The summed E-state index contributed by atoms with van der Waals surface area (Å²) in [7, 11) is 1.40. The highest BCUT2D eigenvalue weighted by atomic mass is 19.1. The normalized spacial score (nSPS) is 19.1. The maximum Gasteiger partial charge on any atom is 0.321 e. The summed E-state index contributed by atoms with van der Waals surface area (Å²) in [6.07, 6.45) is 3.76. The predicted molar refractivity (Wildman–Crippen MR) is 119 cm³/mol. The lowest BCUT2D eigenvalue weighted by atomic mass is 9.76. The fourth-order valence-corrected chi connectivity index (χ4v) is 4.56. The Balaban J connectivity index is 1.61. The Morgan fingerprint density at radius 1 is 1.09 bits per heavy atom. The number of likely N-dealkylation sites (tertiary alicyclic amines) is 1. The van der Waals surface area contributed by atoms with Gasteiger partial charge in [0.05, 0.1) is 0 Å². The Bertz CT molecular complexity index is 1010. The van der Waals surface area contributed by atoms with E-state index in [2.05, 4.69) is 16.0 Å². The summed E-state index contributed by atoms with van der Waals surface area (Å²) in [6.45, 7) is 1.93. The SMILES string of the molecule is CNC(=O)NC(=O)C(C=O)(c1ccc(Oc2ccc(F)cc2)cc1)N1CC2(CCCCN2)C1. The Labute approximate surface area is 191 Å². The average Bonchev–Trinajstić information content (AvgIpc) is 2.81. The summed E-state index contributed by atoms with van der Waals surface area (Å²) in [5.41, 5.74) is -1.35. The van der Waals surface area contributed by atoms with Gasteiger partial charge in [0.2, 0.25) is 0 Å². The summed E-state index contributed by atoms with van der Waals surface area (Å²) in [5.74, 6) is -0.160. The van der Waals surface area contributed by atoms with Crippen LogP contribution in [0.3, 0.4) is 0 Å². The molecular weight excluding hydrogens is 427 g/mol. The fourth-order valence-electron chi connectivity index (χ4n) is 4.56. The highest BCUT2D eigenvalue weighted by Gasteiger charge is 2.56. The monoisotopic (exact) mass is 454 g/mol. The van der Waals surface area contributed by atoms with E-state index in [4.69, 9.17) is 4.74 Å². The van der Waals surface area contributed by atoms with Crippen molar-refractivity contribution in [1.29, 1.82) is 0 Å². The summed E-state index contributed by atoms with van der Waals surface area (Å²) < 4.78 is 18.8. The van der Waals surface area contributed by atoms with Gasteiger partial charge in [0.25, 0.3) is 5.91 Å². The lowest BCUT2D eigenvalue weighted by Crippen LogP contribution is -2.77. The zero-order chi connectivity index (χ0) is 23.5. The molecule has 2 aliphatic heterocycles. The number of piperidine rings is 1. The van der Waals surface area contributed by atoms with Crippen LogP contribution in [0, 0.1) is 5.82 Å². The van der Waals surface area contributed by atoms with Crippen LogP contribution < -0.4 is 20.7 Å². The van der Waals surface area contributed by atoms with Crippen LogP contribution in [0.25, 0.3) is 0 Å². The highest BCUT2D eigenvalue weighted by Crippen LogP contribution is 2.39. The quantitative estimate of drug-likeness (QED) is 0.458. The maximum absolute atomic E-state index is 13.2. The number of nitrogens with zero attached hydrogens (tertiary/aromatic N) is 1. The summed E-state index contributed by atoms with van der Waals surface area (Å²) in [6, 6.07) is 11.5. The van der Waals surface area contributed by atoms with Gasteiger partial charge in [-0.1, -0.05) is 18.6 Å². The molecular formula is C24H27FN4O4. The number of amides is 3. The number of urea groups is 1. The van der Waals surface area contributed by atoms with Gasteiger partial charge in [-0.25, -0.2) is 9.18 Å². The number of rotatable bonds is 6. The number of imide groups is 1. The van der Waals surface area contributed by atoms with Crippen molar-refractivity contribution in [3.63, 3.8) is 0 Å². The van der Waals surface area contributed by atoms with Gasteiger partial charge >= 0.3 is 6.03 Å². The molecule has 2 fully saturated rings. The zero-order valence-electron chi connectivity index (χ0n) is 18.4. The van der Waals surface area contributed by atoms with E-state index in [0.29, 0.717) is 36.4 Å². The lowest BCUT2D eigenvalue weighted by Gasteiger charge is -2.57. The number of halogens is 1. The zero-order valence-corrected chi connectivity index (χ0v) is 18.4. The predicted octanol–water partition coefficient (Wildman–Crippen LogP) is 2.30. The fraction of sp³-hybridized carbons (Fsp3) is 0.375. The van der Waals surface area contributed by atoms with Crippen molar-refractivity contribution in [1.82, 2.24) is 20.9 Å². The van der Waals surface area contributed by atoms with E-state index in [1.807, 2.05) is 0 Å². The average molecular weight is 455 g/mol. The minimum absolute atomic E-state index is 0.120. The minimum atomic E-state index is -1.66. The van der Waals surface area contributed by atoms with Crippen molar-refractivity contribution in [2.45, 2.75) is 30.3 Å². The van der Waals surface area contributed by atoms with E-state index in [0.717, 1.165) is 25.8 Å². The maximum atomic E-state index is 13.2. The molecule has 3 N–H and O–H groups in total. The molecule has 0 aliphatic carbocycles. The van der Waals surface area contributed by atoms with Gasteiger partial charge in [-0.05, 0) is 61.3 Å². The van der Waals surface area contributed by atoms with Crippen LogP contribution >= 0.6 is 0 Å². The first-order valence-electron chi connectivity index (χ1n) is 10.9. The Morgan fingerprint density at radius 3 is 2.27 bits per heavy atom. The molecule has 4 rings (SSSR count). The smallest absolute Gasteiger partial charge is 0.321 e. The van der Waals surface area contributed by atoms with Crippen molar-refractivity contribution in [3.05, 3.63) is 59.9 Å². The van der Waals surface area contributed by atoms with Gasteiger partial charge in [0.15, 0.2) is 11.8 Å². The van der Waals surface area contributed by atoms with E-state index >= 15 is 0 Å². The third-order valence-electron chi connectivity index (χ3n) is 6.38. The first-order valence-corrected chi connectivity index (χ1v) is 10.9. The molecule has 1 unspecified atom stereocenters. The minimum Gasteiger partial charge on any atom is -0.457 e. The largest absolute Gasteiger partial charge is 0.457 e. The summed E-state index contributed by atoms with van der Waals surface area (Å²) in [5, 5.41) is 8.15. The highest BCUT2D eigenvalue weighted by molar-refractivity contribution is 6.08. The molecule has 1 spiro atoms. The topological polar surface area (TPSA) is 99.8 Å². The molecule has 2 saturated heterocycles. The standard InChI is InChI=1S/C24H27FN4O4/c1-26-22(32)28-21(31)24(16-30,29-14-23(15-29)12-2-3-13-27-23)17-4-8-19(9-5-17)33-20-10-6-18(25)7-11-20/h4-11,16,27H,2-3,12-15H2,1H3,(H2,26,28,31,32). The number of benzene rings is 2. The van der Waals surface area contributed by atoms with Gasteiger partial charge in [-0.15, -0.1) is 0 Å². The number of carbonyl (C=O) groups excluding carboxylic acids is 3. The van der Waals surface area contributed by atoms with Gasteiger partial charge in [0.1, 0.15) is 17.3 Å². The van der Waals surface area contributed by atoms with E-state index in [9.17, 15) is 18.8 Å². The van der Waals surface area contributed by atoms with Crippen LogP contribution in [-0.4, -0.2) is 55.3 Å². The summed E-state index contributed by atoms with van der Waals surface area (Å²) >= 11 is 0.